The van der Waals surface area contributed by atoms with E-state index in [1.807, 2.05) is 0 Å². The number of hydrogen-bond acceptors (Lipinski definition) is 4. The molecule has 2 fully saturated rings. The Morgan fingerprint density at radius 1 is 1.50 bits per heavy atom. The minimum atomic E-state index is -0.165. The number of carbonyl (C=O) groups excluding carboxylic acids is 1. The molecule has 0 aromatic carbocycles. The molecule has 0 bridgehead atoms. The van der Waals surface area contributed by atoms with Gasteiger partial charge < -0.3 is 14.8 Å². The minimum Gasteiger partial charge on any atom is -0.459 e. The lowest BCUT2D eigenvalue weighted by Crippen LogP contribution is -2.52. The zero-order valence-electron chi connectivity index (χ0n) is 10.1. The summed E-state index contributed by atoms with van der Waals surface area (Å²) in [4.78, 5) is 12.0. The summed E-state index contributed by atoms with van der Waals surface area (Å²) in [6, 6.07) is -0.165. The second-order valence-electron chi connectivity index (χ2n) is 5.40. The van der Waals surface area contributed by atoms with Crippen LogP contribution in [0.2, 0.25) is 0 Å². The largest absolute Gasteiger partial charge is 0.459 e. The highest BCUT2D eigenvalue weighted by atomic mass is 16.6. The highest BCUT2D eigenvalue weighted by Crippen LogP contribution is 2.31. The SMILES string of the molecule is CC1(C)CCCNC1C(=O)OC1CCOC1. The van der Waals surface area contributed by atoms with Crippen LogP contribution >= 0.6 is 0 Å². The van der Waals surface area contributed by atoms with Crippen LogP contribution in [0.5, 0.6) is 0 Å². The van der Waals surface area contributed by atoms with Crippen LogP contribution < -0.4 is 5.32 Å². The number of hydrogen-bond donors (Lipinski definition) is 1. The summed E-state index contributed by atoms with van der Waals surface area (Å²) in [5.41, 5.74) is -0.00516. The Kier molecular flexibility index (Phi) is 3.50. The molecular weight excluding hydrogens is 206 g/mol. The maximum Gasteiger partial charge on any atom is 0.324 e. The fourth-order valence-electron chi connectivity index (χ4n) is 2.45. The van der Waals surface area contributed by atoms with E-state index in [2.05, 4.69) is 19.2 Å². The maximum atomic E-state index is 12.0. The molecule has 4 nitrogen and oxygen atoms in total. The monoisotopic (exact) mass is 227 g/mol. The third-order valence-electron chi connectivity index (χ3n) is 3.53. The van der Waals surface area contributed by atoms with E-state index in [-0.39, 0.29) is 23.5 Å². The van der Waals surface area contributed by atoms with Gasteiger partial charge in [0, 0.05) is 6.42 Å². The van der Waals surface area contributed by atoms with Gasteiger partial charge in [-0.1, -0.05) is 13.8 Å². The van der Waals surface area contributed by atoms with Crippen LogP contribution in [0.1, 0.15) is 33.1 Å². The van der Waals surface area contributed by atoms with Gasteiger partial charge in [-0.25, -0.2) is 0 Å². The fourth-order valence-corrected chi connectivity index (χ4v) is 2.45. The van der Waals surface area contributed by atoms with Crippen LogP contribution in [0.3, 0.4) is 0 Å². The molecule has 0 radical (unpaired) electrons. The lowest BCUT2D eigenvalue weighted by atomic mass is 9.77. The summed E-state index contributed by atoms with van der Waals surface area (Å²) in [7, 11) is 0. The molecule has 2 saturated heterocycles. The van der Waals surface area contributed by atoms with Crippen molar-refractivity contribution in [3.63, 3.8) is 0 Å². The van der Waals surface area contributed by atoms with Gasteiger partial charge in [-0.3, -0.25) is 4.79 Å². The van der Waals surface area contributed by atoms with E-state index in [9.17, 15) is 4.79 Å². The first-order valence-corrected chi connectivity index (χ1v) is 6.11. The number of ether oxygens (including phenoxy) is 2. The molecule has 0 aromatic rings. The summed E-state index contributed by atoms with van der Waals surface area (Å²) in [5, 5.41) is 3.27. The maximum absolute atomic E-state index is 12.0. The Morgan fingerprint density at radius 2 is 2.31 bits per heavy atom. The van der Waals surface area contributed by atoms with Crippen molar-refractivity contribution in [2.24, 2.45) is 5.41 Å². The Bertz CT molecular complexity index is 259. The molecule has 4 heteroatoms. The second kappa shape index (κ2) is 4.72. The predicted octanol–water partition coefficient (Wildman–Crippen LogP) is 1.10. The molecule has 2 heterocycles. The highest BCUT2D eigenvalue weighted by Gasteiger charge is 2.39. The zero-order chi connectivity index (χ0) is 11.6. The summed E-state index contributed by atoms with van der Waals surface area (Å²) in [6.07, 6.45) is 3.00. The molecule has 2 rings (SSSR count). The van der Waals surface area contributed by atoms with Crippen LogP contribution in [-0.4, -0.2) is 37.9 Å². The van der Waals surface area contributed by atoms with Crippen molar-refractivity contribution in [1.82, 2.24) is 5.32 Å². The van der Waals surface area contributed by atoms with Crippen molar-refractivity contribution in [3.8, 4) is 0 Å². The van der Waals surface area contributed by atoms with Gasteiger partial charge in [0.05, 0.1) is 13.2 Å². The molecule has 2 aliphatic heterocycles. The van der Waals surface area contributed by atoms with Crippen molar-refractivity contribution in [3.05, 3.63) is 0 Å². The quantitative estimate of drug-likeness (QED) is 0.718. The van der Waals surface area contributed by atoms with Crippen LogP contribution in [-0.2, 0) is 14.3 Å². The normalized spacial score (nSPS) is 33.6. The molecule has 0 spiro atoms. The first kappa shape index (κ1) is 11.9. The van der Waals surface area contributed by atoms with Crippen molar-refractivity contribution >= 4 is 5.97 Å². The standard InChI is InChI=1S/C12H21NO3/c1-12(2)5-3-6-13-10(12)11(14)16-9-4-7-15-8-9/h9-10,13H,3-8H2,1-2H3. The average molecular weight is 227 g/mol. The van der Waals surface area contributed by atoms with E-state index < -0.39 is 0 Å². The summed E-state index contributed by atoms with van der Waals surface area (Å²) in [6.45, 7) is 6.41. The molecule has 0 aliphatic carbocycles. The number of carbonyl (C=O) groups is 1. The summed E-state index contributed by atoms with van der Waals surface area (Å²) >= 11 is 0. The van der Waals surface area contributed by atoms with Gasteiger partial charge in [0.25, 0.3) is 0 Å². The third-order valence-corrected chi connectivity index (χ3v) is 3.53. The molecular formula is C12H21NO3. The van der Waals surface area contributed by atoms with Crippen LogP contribution in [0, 0.1) is 5.41 Å². The van der Waals surface area contributed by atoms with Crippen molar-refractivity contribution in [2.45, 2.75) is 45.3 Å². The van der Waals surface area contributed by atoms with Crippen molar-refractivity contribution in [2.75, 3.05) is 19.8 Å². The second-order valence-corrected chi connectivity index (χ2v) is 5.40. The molecule has 2 unspecified atom stereocenters. The number of esters is 1. The van der Waals surface area contributed by atoms with Crippen LogP contribution in [0.4, 0.5) is 0 Å². The molecule has 0 saturated carbocycles. The average Bonchev–Trinajstić information content (AvgIpc) is 2.69. The summed E-state index contributed by atoms with van der Waals surface area (Å²) in [5.74, 6) is -0.111. The van der Waals surface area contributed by atoms with Gasteiger partial charge in [-0.15, -0.1) is 0 Å². The van der Waals surface area contributed by atoms with Gasteiger partial charge >= 0.3 is 5.97 Å². The van der Waals surface area contributed by atoms with Gasteiger partial charge in [-0.05, 0) is 24.8 Å². The van der Waals surface area contributed by atoms with Gasteiger partial charge in [0.2, 0.25) is 0 Å². The lowest BCUT2D eigenvalue weighted by molar-refractivity contribution is -0.155. The predicted molar refractivity (Wildman–Crippen MR) is 60.1 cm³/mol. The zero-order valence-corrected chi connectivity index (χ0v) is 10.1. The Hall–Kier alpha value is -0.610. The first-order chi connectivity index (χ1) is 7.59. The van der Waals surface area contributed by atoms with E-state index in [4.69, 9.17) is 9.47 Å². The van der Waals surface area contributed by atoms with Gasteiger partial charge in [-0.2, -0.15) is 0 Å². The molecule has 92 valence electrons. The van der Waals surface area contributed by atoms with Gasteiger partial charge in [0.1, 0.15) is 12.1 Å². The Labute approximate surface area is 96.7 Å². The number of nitrogens with one attached hydrogen (secondary N) is 1. The number of rotatable bonds is 2. The minimum absolute atomic E-state index is 0.00516. The van der Waals surface area contributed by atoms with E-state index >= 15 is 0 Å². The number of piperidine rings is 1. The molecule has 0 aromatic heterocycles. The Morgan fingerprint density at radius 3 is 2.94 bits per heavy atom. The van der Waals surface area contributed by atoms with Gasteiger partial charge in [0.15, 0.2) is 0 Å². The lowest BCUT2D eigenvalue weighted by Gasteiger charge is -2.37. The highest BCUT2D eigenvalue weighted by molar-refractivity contribution is 5.77. The van der Waals surface area contributed by atoms with Crippen molar-refractivity contribution in [1.29, 1.82) is 0 Å². The molecule has 0 amide bonds. The fraction of sp³-hybridized carbons (Fsp3) is 0.917. The molecule has 2 atom stereocenters. The smallest absolute Gasteiger partial charge is 0.324 e. The van der Waals surface area contributed by atoms with E-state index in [0.717, 1.165) is 25.8 Å². The van der Waals surface area contributed by atoms with Crippen LogP contribution in [0.25, 0.3) is 0 Å². The van der Waals surface area contributed by atoms with Crippen LogP contribution in [0.15, 0.2) is 0 Å². The third kappa shape index (κ3) is 2.55. The van der Waals surface area contributed by atoms with E-state index in [1.165, 1.54) is 0 Å². The molecule has 1 N–H and O–H groups in total. The van der Waals surface area contributed by atoms with E-state index in [0.29, 0.717) is 13.2 Å². The Balaban J connectivity index is 1.91. The molecule has 2 aliphatic rings. The van der Waals surface area contributed by atoms with Crippen molar-refractivity contribution < 1.29 is 14.3 Å². The first-order valence-electron chi connectivity index (χ1n) is 6.11. The molecule has 16 heavy (non-hydrogen) atoms. The van der Waals surface area contributed by atoms with E-state index in [1.54, 1.807) is 0 Å². The topological polar surface area (TPSA) is 47.6 Å². The summed E-state index contributed by atoms with van der Waals surface area (Å²) < 4.78 is 10.7.